The Labute approximate surface area is 171 Å². The molecule has 0 bridgehead atoms. The van der Waals surface area contributed by atoms with Crippen molar-refractivity contribution in [1.82, 2.24) is 30.6 Å². The van der Waals surface area contributed by atoms with E-state index in [0.717, 1.165) is 22.6 Å². The van der Waals surface area contributed by atoms with Crippen molar-refractivity contribution in [2.24, 2.45) is 4.99 Å². The molecule has 0 saturated heterocycles. The van der Waals surface area contributed by atoms with Gasteiger partial charge in [-0.15, -0.1) is 0 Å². The molecule has 0 aliphatic heterocycles. The maximum absolute atomic E-state index is 5.33. The van der Waals surface area contributed by atoms with Crippen molar-refractivity contribution >= 4 is 5.96 Å². The second-order valence-corrected chi connectivity index (χ2v) is 8.01. The molecule has 0 spiro atoms. The van der Waals surface area contributed by atoms with E-state index in [1.165, 1.54) is 0 Å². The van der Waals surface area contributed by atoms with Crippen molar-refractivity contribution in [2.75, 3.05) is 7.05 Å². The van der Waals surface area contributed by atoms with Crippen LogP contribution in [0, 0.1) is 13.8 Å². The van der Waals surface area contributed by atoms with E-state index < -0.39 is 0 Å². The number of nitrogens with zero attached hydrogens (tertiary/aromatic N) is 5. The number of nitrogens with one attached hydrogen (secondary N) is 2. The van der Waals surface area contributed by atoms with Crippen LogP contribution in [-0.2, 0) is 18.5 Å². The molecule has 8 heteroatoms. The van der Waals surface area contributed by atoms with Crippen molar-refractivity contribution in [3.8, 4) is 5.69 Å². The van der Waals surface area contributed by atoms with Crippen LogP contribution in [0.25, 0.3) is 5.69 Å². The largest absolute Gasteiger partial charge is 0.352 e. The predicted octanol–water partition coefficient (Wildman–Crippen LogP) is 3.03. The summed E-state index contributed by atoms with van der Waals surface area (Å²) in [6.07, 6.45) is 0. The number of aliphatic imine (C=N–C) groups is 1. The summed E-state index contributed by atoms with van der Waals surface area (Å²) >= 11 is 0. The van der Waals surface area contributed by atoms with Crippen LogP contribution in [0.1, 0.15) is 49.4 Å². The molecule has 0 amide bonds. The Hall–Kier alpha value is -3.16. The van der Waals surface area contributed by atoms with E-state index in [1.54, 1.807) is 7.05 Å². The van der Waals surface area contributed by atoms with Crippen molar-refractivity contribution < 1.29 is 4.52 Å². The minimum absolute atomic E-state index is 0.169. The van der Waals surface area contributed by atoms with Gasteiger partial charge < -0.3 is 15.2 Å². The van der Waals surface area contributed by atoms with Gasteiger partial charge in [-0.3, -0.25) is 4.99 Å². The lowest BCUT2D eigenvalue weighted by Crippen LogP contribution is -2.36. The fraction of sp³-hybridized carbons (Fsp3) is 0.429. The van der Waals surface area contributed by atoms with Crippen LogP contribution in [0.4, 0.5) is 0 Å². The summed E-state index contributed by atoms with van der Waals surface area (Å²) in [6, 6.07) is 10.3. The second-order valence-electron chi connectivity index (χ2n) is 8.01. The number of benzene rings is 1. The second kappa shape index (κ2) is 8.46. The first kappa shape index (κ1) is 20.6. The third-order valence-electron chi connectivity index (χ3n) is 4.42. The fourth-order valence-electron chi connectivity index (χ4n) is 2.93. The van der Waals surface area contributed by atoms with Gasteiger partial charge in [-0.2, -0.15) is 10.1 Å². The van der Waals surface area contributed by atoms with Crippen LogP contribution in [0.2, 0.25) is 0 Å². The highest BCUT2D eigenvalue weighted by molar-refractivity contribution is 5.79. The standard InChI is InChI=1S/C21H29N7O/c1-14-11-15(2)28(26-14)17-10-8-7-9-16(17)12-23-20(22-6)24-13-18-25-19(29-27-18)21(3,4)5/h7-11H,12-13H2,1-6H3,(H2,22,23,24). The van der Waals surface area contributed by atoms with Crippen molar-refractivity contribution in [1.29, 1.82) is 0 Å². The van der Waals surface area contributed by atoms with Gasteiger partial charge in [0.2, 0.25) is 5.89 Å². The first-order valence-corrected chi connectivity index (χ1v) is 9.67. The zero-order chi connectivity index (χ0) is 21.0. The molecule has 0 aliphatic rings. The Morgan fingerprint density at radius 3 is 2.48 bits per heavy atom. The number of aryl methyl sites for hydroxylation is 2. The highest BCUT2D eigenvalue weighted by atomic mass is 16.5. The van der Waals surface area contributed by atoms with Gasteiger partial charge >= 0.3 is 0 Å². The first-order valence-electron chi connectivity index (χ1n) is 9.67. The zero-order valence-electron chi connectivity index (χ0n) is 17.9. The Morgan fingerprint density at radius 2 is 1.86 bits per heavy atom. The van der Waals surface area contributed by atoms with E-state index in [2.05, 4.69) is 56.0 Å². The fourth-order valence-corrected chi connectivity index (χ4v) is 2.93. The quantitative estimate of drug-likeness (QED) is 0.509. The van der Waals surface area contributed by atoms with Crippen LogP contribution in [0.3, 0.4) is 0 Å². The molecule has 2 N–H and O–H groups in total. The van der Waals surface area contributed by atoms with Gasteiger partial charge in [-0.25, -0.2) is 4.68 Å². The number of guanidine groups is 1. The molecule has 0 saturated carbocycles. The average molecular weight is 396 g/mol. The highest BCUT2D eigenvalue weighted by Crippen LogP contribution is 2.19. The molecule has 0 radical (unpaired) electrons. The highest BCUT2D eigenvalue weighted by Gasteiger charge is 2.21. The summed E-state index contributed by atoms with van der Waals surface area (Å²) in [5, 5.41) is 15.2. The Morgan fingerprint density at radius 1 is 1.14 bits per heavy atom. The van der Waals surface area contributed by atoms with Crippen molar-refractivity contribution in [2.45, 2.75) is 53.1 Å². The lowest BCUT2D eigenvalue weighted by atomic mass is 9.97. The molecule has 2 heterocycles. The normalized spacial score (nSPS) is 12.3. The van der Waals surface area contributed by atoms with E-state index in [9.17, 15) is 0 Å². The molecule has 0 fully saturated rings. The summed E-state index contributed by atoms with van der Waals surface area (Å²) in [7, 11) is 1.74. The topological polar surface area (TPSA) is 93.2 Å². The third kappa shape index (κ3) is 5.01. The molecule has 8 nitrogen and oxygen atoms in total. The number of hydrogen-bond donors (Lipinski definition) is 2. The molecule has 0 aliphatic carbocycles. The average Bonchev–Trinajstić information content (AvgIpc) is 3.28. The van der Waals surface area contributed by atoms with Gasteiger partial charge in [0.15, 0.2) is 11.8 Å². The molecule has 1 aromatic carbocycles. The smallest absolute Gasteiger partial charge is 0.232 e. The Kier molecular flexibility index (Phi) is 6.00. The number of hydrogen-bond acceptors (Lipinski definition) is 5. The van der Waals surface area contributed by atoms with Gasteiger partial charge in [-0.1, -0.05) is 44.1 Å². The maximum Gasteiger partial charge on any atom is 0.232 e. The molecule has 0 unspecified atom stereocenters. The summed E-state index contributed by atoms with van der Waals surface area (Å²) in [4.78, 5) is 8.72. The first-order chi connectivity index (χ1) is 13.8. The molecule has 2 aromatic heterocycles. The molecule has 0 atom stereocenters. The van der Waals surface area contributed by atoms with Crippen LogP contribution >= 0.6 is 0 Å². The lowest BCUT2D eigenvalue weighted by molar-refractivity contribution is 0.318. The van der Waals surface area contributed by atoms with Crippen LogP contribution in [0.15, 0.2) is 39.8 Å². The third-order valence-corrected chi connectivity index (χ3v) is 4.42. The Balaban J connectivity index is 1.65. The molecular formula is C21H29N7O. The number of rotatable bonds is 5. The van der Waals surface area contributed by atoms with Crippen molar-refractivity contribution in [3.63, 3.8) is 0 Å². The van der Waals surface area contributed by atoms with E-state index in [-0.39, 0.29) is 5.41 Å². The van der Waals surface area contributed by atoms with E-state index in [1.807, 2.05) is 44.5 Å². The van der Waals surface area contributed by atoms with Gasteiger partial charge in [0.05, 0.1) is 17.9 Å². The van der Waals surface area contributed by atoms with Crippen molar-refractivity contribution in [3.05, 3.63) is 59.0 Å². The number of para-hydroxylation sites is 1. The number of aromatic nitrogens is 4. The van der Waals surface area contributed by atoms with Crippen LogP contribution < -0.4 is 10.6 Å². The lowest BCUT2D eigenvalue weighted by Gasteiger charge is -2.14. The summed E-state index contributed by atoms with van der Waals surface area (Å²) in [5.74, 6) is 1.88. The molecule has 3 rings (SSSR count). The van der Waals surface area contributed by atoms with E-state index >= 15 is 0 Å². The maximum atomic E-state index is 5.33. The molecular weight excluding hydrogens is 366 g/mol. The summed E-state index contributed by atoms with van der Waals surface area (Å²) in [5.41, 5.74) is 4.10. The van der Waals surface area contributed by atoms with E-state index in [0.29, 0.717) is 30.8 Å². The molecule has 154 valence electrons. The van der Waals surface area contributed by atoms with Crippen LogP contribution in [-0.4, -0.2) is 32.9 Å². The SMILES string of the molecule is CN=C(NCc1noc(C(C)(C)C)n1)NCc1ccccc1-n1nc(C)cc1C. The van der Waals surface area contributed by atoms with Gasteiger partial charge in [0, 0.05) is 24.7 Å². The minimum Gasteiger partial charge on any atom is -0.352 e. The molecule has 3 aromatic rings. The van der Waals surface area contributed by atoms with Gasteiger partial charge in [0.1, 0.15) is 0 Å². The predicted molar refractivity (Wildman–Crippen MR) is 113 cm³/mol. The van der Waals surface area contributed by atoms with Gasteiger partial charge in [0.25, 0.3) is 0 Å². The summed E-state index contributed by atoms with van der Waals surface area (Å²) in [6.45, 7) is 11.2. The zero-order valence-corrected chi connectivity index (χ0v) is 17.9. The minimum atomic E-state index is -0.169. The van der Waals surface area contributed by atoms with E-state index in [4.69, 9.17) is 4.52 Å². The van der Waals surface area contributed by atoms with Gasteiger partial charge in [-0.05, 0) is 31.5 Å². The molecule has 29 heavy (non-hydrogen) atoms. The Bertz CT molecular complexity index is 995. The summed E-state index contributed by atoms with van der Waals surface area (Å²) < 4.78 is 7.30. The monoisotopic (exact) mass is 395 g/mol. The van der Waals surface area contributed by atoms with Crippen LogP contribution in [0.5, 0.6) is 0 Å².